The standard InChI is InChI=1S/C10H14N2O4S/c1-10(9(14)15)6-16-4-7(10)12-8(13)5-17-3-2-11/h7H,3-6H2,1H3,(H,12,13)(H,14,15). The van der Waals surface area contributed by atoms with Crippen molar-refractivity contribution < 1.29 is 19.4 Å². The van der Waals surface area contributed by atoms with Gasteiger partial charge in [-0.1, -0.05) is 0 Å². The summed E-state index contributed by atoms with van der Waals surface area (Å²) in [5.41, 5.74) is -1.07. The third kappa shape index (κ3) is 3.35. The van der Waals surface area contributed by atoms with Crippen molar-refractivity contribution in [3.05, 3.63) is 0 Å². The third-order valence-electron chi connectivity index (χ3n) is 2.68. The molecule has 7 heteroatoms. The fourth-order valence-electron chi connectivity index (χ4n) is 1.51. The highest BCUT2D eigenvalue weighted by molar-refractivity contribution is 8.00. The molecule has 2 N–H and O–H groups in total. The average Bonchev–Trinajstić information content (AvgIpc) is 2.62. The summed E-state index contributed by atoms with van der Waals surface area (Å²) >= 11 is 1.19. The summed E-state index contributed by atoms with van der Waals surface area (Å²) < 4.78 is 5.11. The van der Waals surface area contributed by atoms with Crippen molar-refractivity contribution in [3.63, 3.8) is 0 Å². The number of rotatable bonds is 5. The van der Waals surface area contributed by atoms with E-state index < -0.39 is 17.4 Å². The SMILES string of the molecule is CC1(C(=O)O)COCC1NC(=O)CSCC#N. The number of carbonyl (C=O) groups is 2. The molecule has 0 saturated carbocycles. The second-order valence-electron chi connectivity index (χ2n) is 4.01. The lowest BCUT2D eigenvalue weighted by atomic mass is 9.85. The predicted molar refractivity (Wildman–Crippen MR) is 61.4 cm³/mol. The molecule has 1 rings (SSSR count). The van der Waals surface area contributed by atoms with Crippen molar-refractivity contribution in [2.75, 3.05) is 24.7 Å². The van der Waals surface area contributed by atoms with E-state index in [-0.39, 0.29) is 30.6 Å². The molecule has 0 bridgehead atoms. The van der Waals surface area contributed by atoms with Crippen molar-refractivity contribution in [1.82, 2.24) is 5.32 Å². The molecule has 1 aliphatic heterocycles. The fourth-order valence-corrected chi connectivity index (χ4v) is 1.97. The van der Waals surface area contributed by atoms with E-state index in [4.69, 9.17) is 15.1 Å². The summed E-state index contributed by atoms with van der Waals surface area (Å²) in [4.78, 5) is 22.6. The number of carboxylic acid groups (broad SMARTS) is 1. The smallest absolute Gasteiger partial charge is 0.313 e. The minimum Gasteiger partial charge on any atom is -0.481 e. The Balaban J connectivity index is 2.48. The molecular weight excluding hydrogens is 244 g/mol. The van der Waals surface area contributed by atoms with Crippen LogP contribution in [0.15, 0.2) is 0 Å². The predicted octanol–water partition coefficient (Wildman–Crippen LogP) is -0.151. The molecule has 1 amide bonds. The van der Waals surface area contributed by atoms with Crippen LogP contribution >= 0.6 is 11.8 Å². The monoisotopic (exact) mass is 258 g/mol. The lowest BCUT2D eigenvalue weighted by molar-refractivity contribution is -0.148. The number of nitrogens with zero attached hydrogens (tertiary/aromatic N) is 1. The number of aliphatic carboxylic acids is 1. The summed E-state index contributed by atoms with van der Waals surface area (Å²) in [6.45, 7) is 1.85. The number of hydrogen-bond acceptors (Lipinski definition) is 5. The number of hydrogen-bond donors (Lipinski definition) is 2. The van der Waals surface area contributed by atoms with Gasteiger partial charge in [-0.3, -0.25) is 9.59 Å². The van der Waals surface area contributed by atoms with Gasteiger partial charge in [0.25, 0.3) is 0 Å². The second kappa shape index (κ2) is 5.89. The first kappa shape index (κ1) is 13.8. The van der Waals surface area contributed by atoms with Crippen molar-refractivity contribution >= 4 is 23.6 Å². The number of carbonyl (C=O) groups excluding carboxylic acids is 1. The molecule has 6 nitrogen and oxygen atoms in total. The maximum atomic E-state index is 11.5. The van der Waals surface area contributed by atoms with Crippen LogP contribution in [0, 0.1) is 16.7 Å². The minimum atomic E-state index is -1.07. The summed E-state index contributed by atoms with van der Waals surface area (Å²) in [6, 6.07) is 1.40. The van der Waals surface area contributed by atoms with Crippen LogP contribution in [-0.2, 0) is 14.3 Å². The Morgan fingerprint density at radius 1 is 1.71 bits per heavy atom. The van der Waals surface area contributed by atoms with Gasteiger partial charge in [-0.25, -0.2) is 0 Å². The molecule has 0 aromatic rings. The number of ether oxygens (including phenoxy) is 1. The molecular formula is C10H14N2O4S. The normalized spacial score (nSPS) is 27.4. The molecule has 17 heavy (non-hydrogen) atoms. The quantitative estimate of drug-likeness (QED) is 0.665. The number of nitrogens with one attached hydrogen (secondary N) is 1. The molecule has 1 fully saturated rings. The Morgan fingerprint density at radius 2 is 2.41 bits per heavy atom. The van der Waals surface area contributed by atoms with E-state index in [1.165, 1.54) is 11.8 Å². The summed E-state index contributed by atoms with van der Waals surface area (Å²) in [6.07, 6.45) is 0. The van der Waals surface area contributed by atoms with Gasteiger partial charge in [0.2, 0.25) is 5.91 Å². The zero-order valence-corrected chi connectivity index (χ0v) is 10.2. The van der Waals surface area contributed by atoms with Crippen LogP contribution in [0.2, 0.25) is 0 Å². The van der Waals surface area contributed by atoms with Crippen LogP contribution in [-0.4, -0.2) is 47.7 Å². The van der Waals surface area contributed by atoms with Crippen molar-refractivity contribution in [2.45, 2.75) is 13.0 Å². The van der Waals surface area contributed by atoms with E-state index in [2.05, 4.69) is 5.32 Å². The van der Waals surface area contributed by atoms with Gasteiger partial charge in [0.15, 0.2) is 0 Å². The molecule has 94 valence electrons. The van der Waals surface area contributed by atoms with Crippen LogP contribution < -0.4 is 5.32 Å². The van der Waals surface area contributed by atoms with Gasteiger partial charge < -0.3 is 15.2 Å². The molecule has 1 aliphatic rings. The first-order valence-corrected chi connectivity index (χ1v) is 6.21. The number of nitriles is 1. The topological polar surface area (TPSA) is 99.4 Å². The van der Waals surface area contributed by atoms with Crippen molar-refractivity contribution in [2.24, 2.45) is 5.41 Å². The highest BCUT2D eigenvalue weighted by Gasteiger charge is 2.47. The number of amides is 1. The first-order chi connectivity index (χ1) is 8.00. The summed E-state index contributed by atoms with van der Waals surface area (Å²) in [5.74, 6) is -0.858. The number of thioether (sulfide) groups is 1. The molecule has 0 aliphatic carbocycles. The Labute approximate surface area is 103 Å². The average molecular weight is 258 g/mol. The van der Waals surface area contributed by atoms with Gasteiger partial charge in [-0.15, -0.1) is 11.8 Å². The minimum absolute atomic E-state index is 0.0959. The van der Waals surface area contributed by atoms with Gasteiger partial charge in [0.05, 0.1) is 36.8 Å². The first-order valence-electron chi connectivity index (χ1n) is 5.06. The summed E-state index contributed by atoms with van der Waals surface area (Å²) in [7, 11) is 0. The van der Waals surface area contributed by atoms with Gasteiger partial charge in [-0.05, 0) is 6.92 Å². The molecule has 1 saturated heterocycles. The molecule has 2 unspecified atom stereocenters. The van der Waals surface area contributed by atoms with E-state index >= 15 is 0 Å². The Morgan fingerprint density at radius 3 is 3.00 bits per heavy atom. The molecule has 0 spiro atoms. The maximum Gasteiger partial charge on any atom is 0.313 e. The van der Waals surface area contributed by atoms with Gasteiger partial charge in [0.1, 0.15) is 5.41 Å². The van der Waals surface area contributed by atoms with E-state index in [1.54, 1.807) is 6.92 Å². The van der Waals surface area contributed by atoms with Gasteiger partial charge in [0, 0.05) is 0 Å². The van der Waals surface area contributed by atoms with Crippen LogP contribution in [0.5, 0.6) is 0 Å². The fraction of sp³-hybridized carbons (Fsp3) is 0.700. The van der Waals surface area contributed by atoms with Crippen molar-refractivity contribution in [3.8, 4) is 6.07 Å². The Hall–Kier alpha value is -1.26. The lowest BCUT2D eigenvalue weighted by Gasteiger charge is -2.25. The maximum absolute atomic E-state index is 11.5. The van der Waals surface area contributed by atoms with E-state index in [0.717, 1.165) is 0 Å². The van der Waals surface area contributed by atoms with Crippen LogP contribution in [0.1, 0.15) is 6.92 Å². The van der Waals surface area contributed by atoms with Gasteiger partial charge in [-0.2, -0.15) is 5.26 Å². The van der Waals surface area contributed by atoms with Crippen molar-refractivity contribution in [1.29, 1.82) is 5.26 Å². The Bertz CT molecular complexity index is 355. The molecule has 0 aromatic heterocycles. The summed E-state index contributed by atoms with van der Waals surface area (Å²) in [5, 5.41) is 20.0. The third-order valence-corrected chi connectivity index (χ3v) is 3.48. The van der Waals surface area contributed by atoms with Crippen LogP contribution in [0.3, 0.4) is 0 Å². The van der Waals surface area contributed by atoms with E-state index in [9.17, 15) is 9.59 Å². The highest BCUT2D eigenvalue weighted by Crippen LogP contribution is 2.28. The number of carboxylic acids is 1. The molecule has 0 radical (unpaired) electrons. The second-order valence-corrected chi connectivity index (χ2v) is 4.99. The van der Waals surface area contributed by atoms with Crippen LogP contribution in [0.25, 0.3) is 0 Å². The highest BCUT2D eigenvalue weighted by atomic mass is 32.2. The van der Waals surface area contributed by atoms with Crippen LogP contribution in [0.4, 0.5) is 0 Å². The van der Waals surface area contributed by atoms with E-state index in [1.807, 2.05) is 6.07 Å². The molecule has 0 aromatic carbocycles. The molecule has 1 heterocycles. The largest absolute Gasteiger partial charge is 0.481 e. The van der Waals surface area contributed by atoms with E-state index in [0.29, 0.717) is 0 Å². The Kier molecular flexibility index (Phi) is 4.78. The zero-order chi connectivity index (χ0) is 12.9. The van der Waals surface area contributed by atoms with Gasteiger partial charge >= 0.3 is 5.97 Å². The molecule has 2 atom stereocenters. The zero-order valence-electron chi connectivity index (χ0n) is 9.43. The lowest BCUT2D eigenvalue weighted by Crippen LogP contribution is -2.50.